The first-order valence-electron chi connectivity index (χ1n) is 5.33. The molecule has 0 saturated carbocycles. The first-order chi connectivity index (χ1) is 7.79. The predicted molar refractivity (Wildman–Crippen MR) is 60.1 cm³/mol. The van der Waals surface area contributed by atoms with Gasteiger partial charge < -0.3 is 25.2 Å². The summed E-state index contributed by atoms with van der Waals surface area (Å²) in [6, 6.07) is 0. The van der Waals surface area contributed by atoms with Crippen LogP contribution in [0.25, 0.3) is 0 Å². The van der Waals surface area contributed by atoms with Crippen LogP contribution in [0.15, 0.2) is 12.2 Å². The average molecular weight is 248 g/mol. The van der Waals surface area contributed by atoms with Gasteiger partial charge in [-0.2, -0.15) is 0 Å². The highest BCUT2D eigenvalue weighted by Crippen LogP contribution is 2.12. The summed E-state index contributed by atoms with van der Waals surface area (Å²) in [6.45, 7) is 6.09. The summed E-state index contributed by atoms with van der Waals surface area (Å²) >= 11 is 0. The van der Waals surface area contributed by atoms with Crippen molar-refractivity contribution in [2.24, 2.45) is 0 Å². The number of carbonyl (C=O) groups excluding carboxylic acids is 1. The molecule has 0 radical (unpaired) electrons. The third-order valence-corrected chi connectivity index (χ3v) is 2.06. The van der Waals surface area contributed by atoms with Crippen LogP contribution < -0.4 is 0 Å². The molecular weight excluding hydrogens is 228 g/mol. The van der Waals surface area contributed by atoms with Crippen molar-refractivity contribution < 1.29 is 30.0 Å². The SMILES string of the molecule is C=C(C[C@@H](O)[C@H](O)[C@H](O)CO)C(=O)OC(C)C. The van der Waals surface area contributed by atoms with Gasteiger partial charge in [-0.3, -0.25) is 0 Å². The summed E-state index contributed by atoms with van der Waals surface area (Å²) in [7, 11) is 0. The van der Waals surface area contributed by atoms with E-state index in [1.165, 1.54) is 0 Å². The Balaban J connectivity index is 4.24. The van der Waals surface area contributed by atoms with Crippen molar-refractivity contribution in [3.8, 4) is 0 Å². The van der Waals surface area contributed by atoms with Gasteiger partial charge in [0, 0.05) is 12.0 Å². The highest BCUT2D eigenvalue weighted by molar-refractivity contribution is 5.87. The number of hydrogen-bond donors (Lipinski definition) is 4. The topological polar surface area (TPSA) is 107 Å². The normalized spacial score (nSPS) is 16.4. The summed E-state index contributed by atoms with van der Waals surface area (Å²) in [6.07, 6.45) is -4.92. The Morgan fingerprint density at radius 3 is 2.18 bits per heavy atom. The van der Waals surface area contributed by atoms with Gasteiger partial charge in [-0.15, -0.1) is 0 Å². The number of carbonyl (C=O) groups is 1. The smallest absolute Gasteiger partial charge is 0.333 e. The number of rotatable bonds is 7. The van der Waals surface area contributed by atoms with Crippen LogP contribution in [0.2, 0.25) is 0 Å². The molecule has 0 saturated heterocycles. The predicted octanol–water partition coefficient (Wildman–Crippen LogP) is -1.04. The van der Waals surface area contributed by atoms with Gasteiger partial charge in [0.05, 0.1) is 18.8 Å². The van der Waals surface area contributed by atoms with Gasteiger partial charge in [0.25, 0.3) is 0 Å². The van der Waals surface area contributed by atoms with Gasteiger partial charge in [-0.25, -0.2) is 4.79 Å². The molecule has 6 heteroatoms. The molecule has 0 aromatic carbocycles. The summed E-state index contributed by atoms with van der Waals surface area (Å²) < 4.78 is 4.84. The molecule has 6 nitrogen and oxygen atoms in total. The summed E-state index contributed by atoms with van der Waals surface area (Å²) in [4.78, 5) is 11.3. The van der Waals surface area contributed by atoms with E-state index in [0.29, 0.717) is 0 Å². The lowest BCUT2D eigenvalue weighted by Gasteiger charge is -2.22. The fraction of sp³-hybridized carbons (Fsp3) is 0.727. The molecule has 0 aliphatic rings. The third-order valence-electron chi connectivity index (χ3n) is 2.06. The molecule has 0 aromatic rings. The quantitative estimate of drug-likeness (QED) is 0.338. The molecule has 0 spiro atoms. The minimum Gasteiger partial charge on any atom is -0.460 e. The molecular formula is C11H20O6. The Bertz CT molecular complexity index is 263. The lowest BCUT2D eigenvalue weighted by Crippen LogP contribution is -2.40. The van der Waals surface area contributed by atoms with Gasteiger partial charge in [0.1, 0.15) is 12.2 Å². The molecule has 100 valence electrons. The van der Waals surface area contributed by atoms with E-state index in [1.54, 1.807) is 13.8 Å². The number of aliphatic hydroxyl groups excluding tert-OH is 4. The second-order valence-electron chi connectivity index (χ2n) is 4.07. The number of hydrogen-bond acceptors (Lipinski definition) is 6. The Labute approximate surface area is 100 Å². The van der Waals surface area contributed by atoms with Gasteiger partial charge in [0.15, 0.2) is 0 Å². The van der Waals surface area contributed by atoms with Crippen LogP contribution in [0.4, 0.5) is 0 Å². The molecule has 0 rings (SSSR count). The first-order valence-corrected chi connectivity index (χ1v) is 5.33. The molecule has 0 unspecified atom stereocenters. The van der Waals surface area contributed by atoms with E-state index >= 15 is 0 Å². The molecule has 3 atom stereocenters. The van der Waals surface area contributed by atoms with Crippen molar-refractivity contribution >= 4 is 5.97 Å². The minimum absolute atomic E-state index is 0.00427. The molecule has 17 heavy (non-hydrogen) atoms. The maximum atomic E-state index is 11.3. The average Bonchev–Trinajstić information content (AvgIpc) is 2.25. The second-order valence-corrected chi connectivity index (χ2v) is 4.07. The zero-order valence-corrected chi connectivity index (χ0v) is 10.0. The van der Waals surface area contributed by atoms with E-state index in [9.17, 15) is 15.0 Å². The van der Waals surface area contributed by atoms with Crippen molar-refractivity contribution in [1.29, 1.82) is 0 Å². The molecule has 4 N–H and O–H groups in total. The third kappa shape index (κ3) is 5.78. The number of aliphatic hydroxyl groups is 4. The molecule has 0 aliphatic heterocycles. The van der Waals surface area contributed by atoms with Crippen LogP contribution in [0.5, 0.6) is 0 Å². The van der Waals surface area contributed by atoms with Gasteiger partial charge >= 0.3 is 5.97 Å². The van der Waals surface area contributed by atoms with Crippen molar-refractivity contribution in [2.75, 3.05) is 6.61 Å². The van der Waals surface area contributed by atoms with Crippen LogP contribution >= 0.6 is 0 Å². The van der Waals surface area contributed by atoms with E-state index in [-0.39, 0.29) is 18.1 Å². The lowest BCUT2D eigenvalue weighted by molar-refractivity contribution is -0.143. The van der Waals surface area contributed by atoms with E-state index in [1.807, 2.05) is 0 Å². The maximum Gasteiger partial charge on any atom is 0.333 e. The van der Waals surface area contributed by atoms with Crippen LogP contribution in [0.3, 0.4) is 0 Å². The molecule has 0 aromatic heterocycles. The molecule has 0 bridgehead atoms. The van der Waals surface area contributed by atoms with E-state index in [4.69, 9.17) is 14.9 Å². The van der Waals surface area contributed by atoms with E-state index in [0.717, 1.165) is 0 Å². The Kier molecular flexibility index (Phi) is 6.98. The van der Waals surface area contributed by atoms with Crippen LogP contribution in [0.1, 0.15) is 20.3 Å². The molecule has 0 heterocycles. The Morgan fingerprint density at radius 2 is 1.76 bits per heavy atom. The standard InChI is InChI=1S/C11H20O6/c1-6(2)17-11(16)7(3)4-8(13)10(15)9(14)5-12/h6,8-10,12-15H,3-5H2,1-2H3/t8-,9-,10+/m1/s1. The summed E-state index contributed by atoms with van der Waals surface area (Å²) in [5.41, 5.74) is -0.00427. The molecule has 0 aliphatic carbocycles. The largest absolute Gasteiger partial charge is 0.460 e. The maximum absolute atomic E-state index is 11.3. The fourth-order valence-corrected chi connectivity index (χ4v) is 1.12. The zero-order valence-electron chi connectivity index (χ0n) is 10.0. The first kappa shape index (κ1) is 16.1. The number of ether oxygens (including phenoxy) is 1. The van der Waals surface area contributed by atoms with Crippen molar-refractivity contribution in [1.82, 2.24) is 0 Å². The lowest BCUT2D eigenvalue weighted by atomic mass is 10.0. The molecule has 0 fully saturated rings. The van der Waals surface area contributed by atoms with Crippen LogP contribution in [-0.2, 0) is 9.53 Å². The highest BCUT2D eigenvalue weighted by Gasteiger charge is 2.26. The number of esters is 1. The van der Waals surface area contributed by atoms with E-state index < -0.39 is 30.9 Å². The van der Waals surface area contributed by atoms with Gasteiger partial charge in [0.2, 0.25) is 0 Å². The van der Waals surface area contributed by atoms with Crippen molar-refractivity contribution in [3.05, 3.63) is 12.2 Å². The highest BCUT2D eigenvalue weighted by atomic mass is 16.5. The second kappa shape index (κ2) is 7.39. The Hall–Kier alpha value is -0.950. The van der Waals surface area contributed by atoms with Gasteiger partial charge in [-0.05, 0) is 13.8 Å². The van der Waals surface area contributed by atoms with Crippen LogP contribution in [0, 0.1) is 0 Å². The van der Waals surface area contributed by atoms with Gasteiger partial charge in [-0.1, -0.05) is 6.58 Å². The molecule has 0 amide bonds. The Morgan fingerprint density at radius 1 is 1.24 bits per heavy atom. The zero-order chi connectivity index (χ0) is 13.6. The fourth-order valence-electron chi connectivity index (χ4n) is 1.12. The summed E-state index contributed by atoms with van der Waals surface area (Å²) in [5, 5.41) is 36.5. The van der Waals surface area contributed by atoms with Crippen molar-refractivity contribution in [3.63, 3.8) is 0 Å². The summed E-state index contributed by atoms with van der Waals surface area (Å²) in [5.74, 6) is -0.662. The minimum atomic E-state index is -1.54. The monoisotopic (exact) mass is 248 g/mol. The van der Waals surface area contributed by atoms with Crippen LogP contribution in [-0.4, -0.2) is 57.4 Å². The van der Waals surface area contributed by atoms with Crippen molar-refractivity contribution in [2.45, 2.75) is 44.7 Å². The van der Waals surface area contributed by atoms with E-state index in [2.05, 4.69) is 6.58 Å².